The molecule has 1 aromatic rings. The van der Waals surface area contributed by atoms with E-state index in [1.807, 2.05) is 32.0 Å². The Morgan fingerprint density at radius 3 is 2.17 bits per heavy atom. The van der Waals surface area contributed by atoms with Crippen LogP contribution in [0.4, 0.5) is 5.69 Å². The molecule has 2 N–H and O–H groups in total. The molecule has 0 saturated carbocycles. The first-order valence-electron chi connectivity index (χ1n) is 5.91. The van der Waals surface area contributed by atoms with Crippen molar-refractivity contribution in [2.24, 2.45) is 0 Å². The average Bonchev–Trinajstić information content (AvgIpc) is 2.36. The van der Waals surface area contributed by atoms with Crippen molar-refractivity contribution in [1.29, 1.82) is 0 Å². The van der Waals surface area contributed by atoms with Crippen molar-refractivity contribution in [2.45, 2.75) is 26.7 Å². The Hall–Kier alpha value is -2.10. The molecule has 4 heteroatoms. The number of amides is 1. The summed E-state index contributed by atoms with van der Waals surface area (Å²) in [4.78, 5) is 21.9. The summed E-state index contributed by atoms with van der Waals surface area (Å²) in [5.74, 6) is -1.56. The number of hydrogen-bond acceptors (Lipinski definition) is 2. The molecule has 0 aliphatic carbocycles. The third-order valence-corrected chi connectivity index (χ3v) is 2.62. The van der Waals surface area contributed by atoms with E-state index in [1.165, 1.54) is 0 Å². The first-order valence-corrected chi connectivity index (χ1v) is 5.91. The van der Waals surface area contributed by atoms with Gasteiger partial charge >= 0.3 is 5.97 Å². The van der Waals surface area contributed by atoms with Crippen LogP contribution in [0.1, 0.15) is 25.0 Å². The number of hydrogen-bond donors (Lipinski definition) is 2. The van der Waals surface area contributed by atoms with Gasteiger partial charge in [0.05, 0.1) is 0 Å². The summed E-state index contributed by atoms with van der Waals surface area (Å²) < 4.78 is 0. The highest BCUT2D eigenvalue weighted by Gasteiger charge is 2.08. The SMILES string of the molecule is CCc1cccc(CC)c1NC(=O)C=CC(=O)O. The number of nitrogens with one attached hydrogen (secondary N) is 1. The Kier molecular flexibility index (Phi) is 5.11. The molecule has 0 saturated heterocycles. The number of benzene rings is 1. The number of carboxylic acids is 1. The van der Waals surface area contributed by atoms with Crippen molar-refractivity contribution in [2.75, 3.05) is 5.32 Å². The highest BCUT2D eigenvalue weighted by Crippen LogP contribution is 2.22. The fraction of sp³-hybridized carbons (Fsp3) is 0.286. The van der Waals surface area contributed by atoms with Crippen LogP contribution in [-0.4, -0.2) is 17.0 Å². The van der Waals surface area contributed by atoms with E-state index in [1.54, 1.807) is 0 Å². The number of rotatable bonds is 5. The quantitative estimate of drug-likeness (QED) is 0.785. The second kappa shape index (κ2) is 6.59. The molecular formula is C14H17NO3. The van der Waals surface area contributed by atoms with Crippen LogP contribution in [0.5, 0.6) is 0 Å². The molecule has 0 heterocycles. The lowest BCUT2D eigenvalue weighted by Crippen LogP contribution is -2.12. The molecule has 0 bridgehead atoms. The second-order valence-corrected chi connectivity index (χ2v) is 3.82. The Bertz CT molecular complexity index is 456. The van der Waals surface area contributed by atoms with Gasteiger partial charge in [0.15, 0.2) is 0 Å². The smallest absolute Gasteiger partial charge is 0.328 e. The maximum atomic E-state index is 11.6. The summed E-state index contributed by atoms with van der Waals surface area (Å²) in [7, 11) is 0. The van der Waals surface area contributed by atoms with Crippen LogP contribution >= 0.6 is 0 Å². The van der Waals surface area contributed by atoms with Crippen molar-refractivity contribution in [3.05, 3.63) is 41.5 Å². The van der Waals surface area contributed by atoms with Gasteiger partial charge in [-0.05, 0) is 24.0 Å². The van der Waals surface area contributed by atoms with E-state index in [0.717, 1.165) is 41.8 Å². The van der Waals surface area contributed by atoms with Gasteiger partial charge in [0.2, 0.25) is 5.91 Å². The van der Waals surface area contributed by atoms with E-state index in [9.17, 15) is 9.59 Å². The average molecular weight is 247 g/mol. The van der Waals surface area contributed by atoms with Crippen LogP contribution < -0.4 is 5.32 Å². The molecule has 18 heavy (non-hydrogen) atoms. The lowest BCUT2D eigenvalue weighted by Gasteiger charge is -2.13. The summed E-state index contributed by atoms with van der Waals surface area (Å²) >= 11 is 0. The molecule has 1 aromatic carbocycles. The number of para-hydroxylation sites is 1. The molecule has 4 nitrogen and oxygen atoms in total. The van der Waals surface area contributed by atoms with Gasteiger partial charge in [-0.15, -0.1) is 0 Å². The summed E-state index contributed by atoms with van der Waals surface area (Å²) in [6.45, 7) is 4.02. The van der Waals surface area contributed by atoms with Gasteiger partial charge in [-0.25, -0.2) is 4.79 Å². The molecule has 0 aliphatic heterocycles. The molecule has 0 aliphatic rings. The molecule has 0 spiro atoms. The molecule has 0 unspecified atom stereocenters. The molecule has 0 fully saturated rings. The minimum Gasteiger partial charge on any atom is -0.478 e. The lowest BCUT2D eigenvalue weighted by atomic mass is 10.0. The van der Waals surface area contributed by atoms with Crippen LogP contribution in [0, 0.1) is 0 Å². The van der Waals surface area contributed by atoms with Crippen LogP contribution in [0.2, 0.25) is 0 Å². The number of carboxylic acid groups (broad SMARTS) is 1. The van der Waals surface area contributed by atoms with E-state index in [4.69, 9.17) is 5.11 Å². The van der Waals surface area contributed by atoms with Crippen molar-refractivity contribution < 1.29 is 14.7 Å². The van der Waals surface area contributed by atoms with Crippen molar-refractivity contribution in [1.82, 2.24) is 0 Å². The van der Waals surface area contributed by atoms with E-state index in [2.05, 4.69) is 5.32 Å². The van der Waals surface area contributed by atoms with Crippen LogP contribution in [-0.2, 0) is 22.4 Å². The minimum atomic E-state index is -1.13. The molecular weight excluding hydrogens is 230 g/mol. The minimum absolute atomic E-state index is 0.423. The molecule has 0 atom stereocenters. The summed E-state index contributed by atoms with van der Waals surface area (Å²) in [5.41, 5.74) is 2.89. The van der Waals surface area contributed by atoms with Crippen molar-refractivity contribution in [3.63, 3.8) is 0 Å². The normalized spacial score (nSPS) is 10.6. The fourth-order valence-electron chi connectivity index (χ4n) is 1.71. The summed E-state index contributed by atoms with van der Waals surface area (Å²) in [6, 6.07) is 5.87. The predicted octanol–water partition coefficient (Wildman–Crippen LogP) is 2.39. The number of anilines is 1. The monoisotopic (exact) mass is 247 g/mol. The van der Waals surface area contributed by atoms with Gasteiger partial charge < -0.3 is 10.4 Å². The first kappa shape index (κ1) is 14.0. The van der Waals surface area contributed by atoms with E-state index in [-0.39, 0.29) is 0 Å². The standard InChI is InChI=1S/C14H17NO3/c1-3-10-6-5-7-11(4-2)14(10)15-12(16)8-9-13(17)18/h5-9H,3-4H2,1-2H3,(H,15,16)(H,17,18). The van der Waals surface area contributed by atoms with E-state index >= 15 is 0 Å². The third kappa shape index (κ3) is 3.73. The largest absolute Gasteiger partial charge is 0.478 e. The fourth-order valence-corrected chi connectivity index (χ4v) is 1.71. The van der Waals surface area contributed by atoms with Crippen molar-refractivity contribution in [3.8, 4) is 0 Å². The van der Waals surface area contributed by atoms with Gasteiger partial charge in [-0.2, -0.15) is 0 Å². The summed E-state index contributed by atoms with van der Waals surface area (Å²) in [6.07, 6.45) is 3.47. The first-order chi connectivity index (χ1) is 8.58. The zero-order chi connectivity index (χ0) is 13.5. The maximum absolute atomic E-state index is 11.6. The van der Waals surface area contributed by atoms with Crippen LogP contribution in [0.15, 0.2) is 30.4 Å². The molecule has 1 rings (SSSR count). The van der Waals surface area contributed by atoms with E-state index in [0.29, 0.717) is 0 Å². The Morgan fingerprint density at radius 1 is 1.17 bits per heavy atom. The number of aliphatic carboxylic acids is 1. The zero-order valence-electron chi connectivity index (χ0n) is 10.6. The van der Waals surface area contributed by atoms with Gasteiger partial charge in [-0.3, -0.25) is 4.79 Å². The van der Waals surface area contributed by atoms with Gasteiger partial charge in [0.1, 0.15) is 0 Å². The van der Waals surface area contributed by atoms with Crippen LogP contribution in [0.25, 0.3) is 0 Å². The van der Waals surface area contributed by atoms with Gasteiger partial charge in [0, 0.05) is 17.8 Å². The lowest BCUT2D eigenvalue weighted by molar-refractivity contribution is -0.131. The number of carbonyl (C=O) groups is 2. The Balaban J connectivity index is 2.95. The topological polar surface area (TPSA) is 66.4 Å². The summed E-state index contributed by atoms with van der Waals surface area (Å²) in [5, 5.41) is 11.2. The third-order valence-electron chi connectivity index (χ3n) is 2.62. The number of carbonyl (C=O) groups excluding carboxylic acids is 1. The maximum Gasteiger partial charge on any atom is 0.328 e. The molecule has 96 valence electrons. The highest BCUT2D eigenvalue weighted by molar-refractivity contribution is 6.03. The van der Waals surface area contributed by atoms with E-state index < -0.39 is 11.9 Å². The molecule has 0 aromatic heterocycles. The van der Waals surface area contributed by atoms with Crippen LogP contribution in [0.3, 0.4) is 0 Å². The van der Waals surface area contributed by atoms with Gasteiger partial charge in [-0.1, -0.05) is 32.0 Å². The Morgan fingerprint density at radius 2 is 1.72 bits per heavy atom. The van der Waals surface area contributed by atoms with Gasteiger partial charge in [0.25, 0.3) is 0 Å². The zero-order valence-corrected chi connectivity index (χ0v) is 10.6. The Labute approximate surface area is 106 Å². The number of aryl methyl sites for hydroxylation is 2. The predicted molar refractivity (Wildman–Crippen MR) is 70.6 cm³/mol. The molecule has 1 amide bonds. The highest BCUT2D eigenvalue weighted by atomic mass is 16.4. The second-order valence-electron chi connectivity index (χ2n) is 3.82. The molecule has 0 radical (unpaired) electrons. The van der Waals surface area contributed by atoms with Crippen molar-refractivity contribution >= 4 is 17.6 Å².